The second-order valence-corrected chi connectivity index (χ2v) is 5.41. The third kappa shape index (κ3) is 3.29. The highest BCUT2D eigenvalue weighted by atomic mass is 16.5. The molecule has 1 atom stereocenters. The highest BCUT2D eigenvalue weighted by Gasteiger charge is 2.26. The maximum absolute atomic E-state index is 5.33. The van der Waals surface area contributed by atoms with Gasteiger partial charge < -0.3 is 14.6 Å². The van der Waals surface area contributed by atoms with Gasteiger partial charge in [-0.1, -0.05) is 11.6 Å². The summed E-state index contributed by atoms with van der Waals surface area (Å²) in [7, 11) is 1.65. The molecule has 1 fully saturated rings. The van der Waals surface area contributed by atoms with E-state index in [1.165, 1.54) is 19.3 Å². The van der Waals surface area contributed by atoms with Gasteiger partial charge in [0.1, 0.15) is 5.60 Å². The normalized spacial score (nSPS) is 21.2. The van der Waals surface area contributed by atoms with E-state index in [-0.39, 0.29) is 0 Å². The number of hydrogen-bond donors (Lipinski definition) is 1. The molecule has 1 unspecified atom stereocenters. The number of nitrogens with one attached hydrogen (secondary N) is 1. The first-order chi connectivity index (χ1) is 8.62. The summed E-state index contributed by atoms with van der Waals surface area (Å²) in [4.78, 5) is 4.41. The number of nitrogens with zero attached hydrogens (tertiary/aromatic N) is 2. The van der Waals surface area contributed by atoms with Crippen LogP contribution in [-0.4, -0.2) is 29.8 Å². The van der Waals surface area contributed by atoms with Crippen LogP contribution >= 0.6 is 0 Å². The molecule has 1 saturated heterocycles. The standard InChI is InChI=1S/C13H23N3O2/c1-13(2,17-3)12-15-11(18-16-12)8-7-10-6-4-5-9-14-10/h10,14H,4-9H2,1-3H3. The molecule has 1 aliphatic heterocycles. The van der Waals surface area contributed by atoms with E-state index in [1.54, 1.807) is 7.11 Å². The van der Waals surface area contributed by atoms with Crippen molar-refractivity contribution < 1.29 is 9.26 Å². The predicted molar refractivity (Wildman–Crippen MR) is 68.3 cm³/mol. The summed E-state index contributed by atoms with van der Waals surface area (Å²) in [6.07, 6.45) is 5.77. The number of aromatic nitrogens is 2. The molecule has 18 heavy (non-hydrogen) atoms. The monoisotopic (exact) mass is 253 g/mol. The Balaban J connectivity index is 1.86. The van der Waals surface area contributed by atoms with Gasteiger partial charge in [0.25, 0.3) is 0 Å². The molecule has 1 N–H and O–H groups in total. The second kappa shape index (κ2) is 5.80. The van der Waals surface area contributed by atoms with Gasteiger partial charge in [-0.2, -0.15) is 4.98 Å². The Bertz CT molecular complexity index is 370. The minimum absolute atomic E-state index is 0.481. The average molecular weight is 253 g/mol. The third-order valence-corrected chi connectivity index (χ3v) is 3.64. The van der Waals surface area contributed by atoms with Crippen LogP contribution in [0, 0.1) is 0 Å². The van der Waals surface area contributed by atoms with Gasteiger partial charge >= 0.3 is 0 Å². The lowest BCUT2D eigenvalue weighted by atomic mass is 10.0. The van der Waals surface area contributed by atoms with Gasteiger partial charge in [-0.3, -0.25) is 0 Å². The summed E-state index contributed by atoms with van der Waals surface area (Å²) < 4.78 is 10.6. The van der Waals surface area contributed by atoms with Gasteiger partial charge in [0, 0.05) is 19.6 Å². The number of piperidine rings is 1. The van der Waals surface area contributed by atoms with Crippen LogP contribution in [0.15, 0.2) is 4.52 Å². The molecule has 0 saturated carbocycles. The summed E-state index contributed by atoms with van der Waals surface area (Å²) in [6, 6.07) is 0.601. The van der Waals surface area contributed by atoms with E-state index in [0.717, 1.165) is 19.4 Å². The van der Waals surface area contributed by atoms with Gasteiger partial charge in [-0.25, -0.2) is 0 Å². The van der Waals surface area contributed by atoms with Crippen molar-refractivity contribution in [2.75, 3.05) is 13.7 Å². The lowest BCUT2D eigenvalue weighted by molar-refractivity contribution is 0.00973. The van der Waals surface area contributed by atoms with Crippen LogP contribution in [0.3, 0.4) is 0 Å². The molecule has 0 aliphatic carbocycles. The molecule has 5 nitrogen and oxygen atoms in total. The van der Waals surface area contributed by atoms with Crippen molar-refractivity contribution in [3.8, 4) is 0 Å². The molecular weight excluding hydrogens is 230 g/mol. The Labute approximate surface area is 108 Å². The van der Waals surface area contributed by atoms with Crippen LogP contribution in [0.1, 0.15) is 51.2 Å². The molecule has 1 aliphatic rings. The van der Waals surface area contributed by atoms with Crippen LogP contribution in [0.5, 0.6) is 0 Å². The molecule has 5 heteroatoms. The fourth-order valence-electron chi connectivity index (χ4n) is 2.16. The van der Waals surface area contributed by atoms with Gasteiger partial charge in [0.05, 0.1) is 0 Å². The minimum atomic E-state index is -0.481. The Morgan fingerprint density at radius 1 is 1.44 bits per heavy atom. The molecule has 0 radical (unpaired) electrons. The molecule has 2 rings (SSSR count). The molecule has 2 heterocycles. The van der Waals surface area contributed by atoms with Gasteiger partial charge in [-0.05, 0) is 39.7 Å². The minimum Gasteiger partial charge on any atom is -0.371 e. The van der Waals surface area contributed by atoms with Gasteiger partial charge in [0.15, 0.2) is 0 Å². The van der Waals surface area contributed by atoms with Crippen LogP contribution < -0.4 is 5.32 Å². The summed E-state index contributed by atoms with van der Waals surface area (Å²) >= 11 is 0. The maximum Gasteiger partial charge on any atom is 0.226 e. The number of hydrogen-bond acceptors (Lipinski definition) is 5. The lowest BCUT2D eigenvalue weighted by Gasteiger charge is -2.22. The van der Waals surface area contributed by atoms with Crippen LogP contribution in [0.4, 0.5) is 0 Å². The lowest BCUT2D eigenvalue weighted by Crippen LogP contribution is -2.34. The van der Waals surface area contributed by atoms with E-state index in [0.29, 0.717) is 17.8 Å². The summed E-state index contributed by atoms with van der Waals surface area (Å²) in [5.41, 5.74) is -0.481. The first kappa shape index (κ1) is 13.5. The van der Waals surface area contributed by atoms with E-state index in [9.17, 15) is 0 Å². The molecule has 0 aromatic carbocycles. The zero-order valence-corrected chi connectivity index (χ0v) is 11.5. The highest BCUT2D eigenvalue weighted by Crippen LogP contribution is 2.21. The van der Waals surface area contributed by atoms with Crippen LogP contribution in [0.2, 0.25) is 0 Å². The van der Waals surface area contributed by atoms with E-state index in [1.807, 2.05) is 13.8 Å². The maximum atomic E-state index is 5.33. The second-order valence-electron chi connectivity index (χ2n) is 5.41. The fraction of sp³-hybridized carbons (Fsp3) is 0.846. The average Bonchev–Trinajstić information content (AvgIpc) is 2.87. The number of methoxy groups -OCH3 is 1. The number of aryl methyl sites for hydroxylation is 1. The Morgan fingerprint density at radius 3 is 2.94 bits per heavy atom. The highest BCUT2D eigenvalue weighted by molar-refractivity contribution is 4.97. The molecule has 0 bridgehead atoms. The molecule has 1 aromatic rings. The molecular formula is C13H23N3O2. The Kier molecular flexibility index (Phi) is 4.35. The first-order valence-electron chi connectivity index (χ1n) is 6.73. The summed E-state index contributed by atoms with van der Waals surface area (Å²) in [5, 5.41) is 7.51. The van der Waals surface area contributed by atoms with E-state index in [2.05, 4.69) is 15.5 Å². The van der Waals surface area contributed by atoms with Crippen molar-refractivity contribution in [3.63, 3.8) is 0 Å². The van der Waals surface area contributed by atoms with Crippen molar-refractivity contribution in [1.82, 2.24) is 15.5 Å². The van der Waals surface area contributed by atoms with Gasteiger partial charge in [-0.15, -0.1) is 0 Å². The molecule has 1 aromatic heterocycles. The summed E-state index contributed by atoms with van der Waals surface area (Å²) in [5.74, 6) is 1.33. The molecule has 102 valence electrons. The zero-order valence-electron chi connectivity index (χ0n) is 11.5. The SMILES string of the molecule is COC(C)(C)c1noc(CCC2CCCCN2)n1. The third-order valence-electron chi connectivity index (χ3n) is 3.64. The molecule has 0 amide bonds. The fourth-order valence-corrected chi connectivity index (χ4v) is 2.16. The van der Waals surface area contributed by atoms with Crippen molar-refractivity contribution in [3.05, 3.63) is 11.7 Å². The predicted octanol–water partition coefficient (Wildman–Crippen LogP) is 2.03. The zero-order chi connectivity index (χ0) is 13.0. The van der Waals surface area contributed by atoms with Crippen molar-refractivity contribution in [2.45, 2.75) is 57.6 Å². The smallest absolute Gasteiger partial charge is 0.226 e. The first-order valence-corrected chi connectivity index (χ1v) is 6.73. The Hall–Kier alpha value is -0.940. The molecule has 0 spiro atoms. The van der Waals surface area contributed by atoms with Crippen LogP contribution in [-0.2, 0) is 16.8 Å². The van der Waals surface area contributed by atoms with Gasteiger partial charge in [0.2, 0.25) is 11.7 Å². The number of rotatable bonds is 5. The summed E-state index contributed by atoms with van der Waals surface area (Å²) in [6.45, 7) is 5.01. The largest absolute Gasteiger partial charge is 0.371 e. The number of ether oxygens (including phenoxy) is 1. The van der Waals surface area contributed by atoms with E-state index in [4.69, 9.17) is 9.26 Å². The van der Waals surface area contributed by atoms with Crippen molar-refractivity contribution >= 4 is 0 Å². The topological polar surface area (TPSA) is 60.2 Å². The van der Waals surface area contributed by atoms with Crippen molar-refractivity contribution in [2.24, 2.45) is 0 Å². The van der Waals surface area contributed by atoms with Crippen LogP contribution in [0.25, 0.3) is 0 Å². The van der Waals surface area contributed by atoms with E-state index < -0.39 is 5.60 Å². The quantitative estimate of drug-likeness (QED) is 0.870. The van der Waals surface area contributed by atoms with E-state index >= 15 is 0 Å². The van der Waals surface area contributed by atoms with Crippen molar-refractivity contribution in [1.29, 1.82) is 0 Å². The Morgan fingerprint density at radius 2 is 2.28 bits per heavy atom.